The van der Waals surface area contributed by atoms with Crippen LogP contribution < -0.4 is 0 Å². The third-order valence-electron chi connectivity index (χ3n) is 4.51. The highest BCUT2D eigenvalue weighted by Crippen LogP contribution is 2.36. The maximum Gasteiger partial charge on any atom is 0.137 e. The molecule has 0 bridgehead atoms. The SMILES string of the molecule is Cc1cc(Cc2cc(Cl)c(O)cc2O)cc(Cc2cc(Cl)c(O)cc2O)c1O. The van der Waals surface area contributed by atoms with Gasteiger partial charge in [-0.3, -0.25) is 0 Å². The number of halogens is 2. The summed E-state index contributed by atoms with van der Waals surface area (Å²) in [5, 5.41) is 49.9. The molecule has 146 valence electrons. The monoisotopic (exact) mass is 420 g/mol. The van der Waals surface area contributed by atoms with Crippen molar-refractivity contribution in [3.05, 3.63) is 74.3 Å². The van der Waals surface area contributed by atoms with Gasteiger partial charge in [0, 0.05) is 30.5 Å². The Morgan fingerprint density at radius 2 is 1.11 bits per heavy atom. The average Bonchev–Trinajstić information content (AvgIpc) is 2.61. The fourth-order valence-electron chi connectivity index (χ4n) is 3.06. The average molecular weight is 421 g/mol. The summed E-state index contributed by atoms with van der Waals surface area (Å²) in [5.74, 6) is -0.563. The Labute approximate surface area is 171 Å². The van der Waals surface area contributed by atoms with Crippen LogP contribution in [0.25, 0.3) is 0 Å². The number of hydrogen-bond acceptors (Lipinski definition) is 5. The molecule has 0 spiro atoms. The largest absolute Gasteiger partial charge is 0.508 e. The molecule has 7 heteroatoms. The van der Waals surface area contributed by atoms with Crippen LogP contribution in [0.2, 0.25) is 10.0 Å². The van der Waals surface area contributed by atoms with Crippen molar-refractivity contribution in [2.24, 2.45) is 0 Å². The first-order chi connectivity index (χ1) is 13.2. The minimum Gasteiger partial charge on any atom is -0.508 e. The number of rotatable bonds is 4. The summed E-state index contributed by atoms with van der Waals surface area (Å²) in [7, 11) is 0. The van der Waals surface area contributed by atoms with Crippen molar-refractivity contribution >= 4 is 23.2 Å². The molecule has 3 aromatic carbocycles. The number of benzene rings is 3. The van der Waals surface area contributed by atoms with E-state index in [1.54, 1.807) is 19.1 Å². The Bertz CT molecular complexity index is 1060. The van der Waals surface area contributed by atoms with Crippen LogP contribution in [0.3, 0.4) is 0 Å². The summed E-state index contributed by atoms with van der Waals surface area (Å²) in [6.07, 6.45) is 0.511. The number of phenols is 5. The number of aromatic hydroxyl groups is 5. The highest BCUT2D eigenvalue weighted by atomic mass is 35.5. The molecule has 5 nitrogen and oxygen atoms in total. The second kappa shape index (κ2) is 7.70. The van der Waals surface area contributed by atoms with Crippen molar-refractivity contribution in [3.8, 4) is 28.7 Å². The maximum atomic E-state index is 10.4. The first-order valence-corrected chi connectivity index (χ1v) is 9.13. The van der Waals surface area contributed by atoms with Crippen molar-refractivity contribution in [2.45, 2.75) is 19.8 Å². The zero-order valence-corrected chi connectivity index (χ0v) is 16.4. The van der Waals surface area contributed by atoms with Gasteiger partial charge in [0.25, 0.3) is 0 Å². The molecule has 28 heavy (non-hydrogen) atoms. The summed E-state index contributed by atoms with van der Waals surface area (Å²) in [6.45, 7) is 1.75. The van der Waals surface area contributed by atoms with E-state index in [1.165, 1.54) is 18.2 Å². The van der Waals surface area contributed by atoms with Crippen LogP contribution in [0.1, 0.15) is 27.8 Å². The first kappa shape index (κ1) is 20.0. The van der Waals surface area contributed by atoms with Gasteiger partial charge in [0.15, 0.2) is 0 Å². The van der Waals surface area contributed by atoms with Gasteiger partial charge in [0.2, 0.25) is 0 Å². The maximum absolute atomic E-state index is 10.4. The third kappa shape index (κ3) is 4.06. The predicted molar refractivity (Wildman–Crippen MR) is 108 cm³/mol. The topological polar surface area (TPSA) is 101 Å². The van der Waals surface area contributed by atoms with E-state index >= 15 is 0 Å². The van der Waals surface area contributed by atoms with E-state index in [0.717, 1.165) is 11.6 Å². The van der Waals surface area contributed by atoms with E-state index < -0.39 is 0 Å². The molecule has 3 rings (SSSR count). The fourth-order valence-corrected chi connectivity index (χ4v) is 3.44. The Kier molecular flexibility index (Phi) is 5.49. The van der Waals surface area contributed by atoms with Crippen molar-refractivity contribution in [1.29, 1.82) is 0 Å². The molecule has 5 N–H and O–H groups in total. The van der Waals surface area contributed by atoms with Gasteiger partial charge in [-0.2, -0.15) is 0 Å². The van der Waals surface area contributed by atoms with Crippen molar-refractivity contribution in [1.82, 2.24) is 0 Å². The van der Waals surface area contributed by atoms with Gasteiger partial charge in [-0.1, -0.05) is 35.3 Å². The predicted octanol–water partition coefficient (Wildman–Crippen LogP) is 5.01. The van der Waals surface area contributed by atoms with Gasteiger partial charge in [0.05, 0.1) is 10.0 Å². The summed E-state index contributed by atoms with van der Waals surface area (Å²) in [5.41, 5.74) is 2.95. The highest BCUT2D eigenvalue weighted by molar-refractivity contribution is 6.32. The Morgan fingerprint density at radius 3 is 1.64 bits per heavy atom. The molecule has 0 aliphatic rings. The van der Waals surface area contributed by atoms with E-state index in [2.05, 4.69) is 0 Å². The highest BCUT2D eigenvalue weighted by Gasteiger charge is 2.14. The Balaban J connectivity index is 1.98. The molecule has 0 aliphatic carbocycles. The standard InChI is InChI=1S/C21H18Cl2O5/c1-10-2-11(3-12-6-15(22)19(26)8-17(12)24)4-14(21(10)28)5-13-7-16(23)20(27)9-18(13)25/h2,4,6-9,24-28H,3,5H2,1H3. The molecule has 0 atom stereocenters. The van der Waals surface area contributed by atoms with Gasteiger partial charge < -0.3 is 25.5 Å². The Hall–Kier alpha value is -2.76. The summed E-state index contributed by atoms with van der Waals surface area (Å²) < 4.78 is 0. The van der Waals surface area contributed by atoms with Crippen molar-refractivity contribution < 1.29 is 25.5 Å². The second-order valence-electron chi connectivity index (χ2n) is 6.64. The molecule has 0 aromatic heterocycles. The van der Waals surface area contributed by atoms with Crippen LogP contribution >= 0.6 is 23.2 Å². The first-order valence-electron chi connectivity index (χ1n) is 8.37. The molecule has 0 radical (unpaired) electrons. The zero-order valence-electron chi connectivity index (χ0n) is 14.9. The lowest BCUT2D eigenvalue weighted by atomic mass is 9.95. The number of aryl methyl sites for hydroxylation is 1. The van der Waals surface area contributed by atoms with Crippen LogP contribution in [-0.2, 0) is 12.8 Å². The molecule has 0 saturated carbocycles. The van der Waals surface area contributed by atoms with Crippen LogP contribution in [-0.4, -0.2) is 25.5 Å². The van der Waals surface area contributed by atoms with Crippen LogP contribution in [0.15, 0.2) is 36.4 Å². The van der Waals surface area contributed by atoms with Gasteiger partial charge in [-0.05, 0) is 41.3 Å². The summed E-state index contributed by atoms with van der Waals surface area (Å²) in [6, 6.07) is 8.80. The van der Waals surface area contributed by atoms with E-state index in [9.17, 15) is 25.5 Å². The third-order valence-corrected chi connectivity index (χ3v) is 5.12. The number of phenolic OH excluding ortho intramolecular Hbond substituents is 5. The van der Waals surface area contributed by atoms with Gasteiger partial charge in [-0.25, -0.2) is 0 Å². The fraction of sp³-hybridized carbons (Fsp3) is 0.143. The van der Waals surface area contributed by atoms with Gasteiger partial charge >= 0.3 is 0 Å². The molecule has 0 saturated heterocycles. The molecule has 0 heterocycles. The quantitative estimate of drug-likeness (QED) is 0.408. The van der Waals surface area contributed by atoms with E-state index in [4.69, 9.17) is 23.2 Å². The molecule has 0 aliphatic heterocycles. The Morgan fingerprint density at radius 1 is 0.607 bits per heavy atom. The van der Waals surface area contributed by atoms with E-state index in [1.807, 2.05) is 0 Å². The van der Waals surface area contributed by atoms with Gasteiger partial charge in [0.1, 0.15) is 28.7 Å². The smallest absolute Gasteiger partial charge is 0.137 e. The molecular weight excluding hydrogens is 403 g/mol. The molecule has 0 amide bonds. The number of hydrogen-bond donors (Lipinski definition) is 5. The van der Waals surface area contributed by atoms with Crippen LogP contribution in [0.5, 0.6) is 28.7 Å². The van der Waals surface area contributed by atoms with Gasteiger partial charge in [-0.15, -0.1) is 0 Å². The molecule has 0 unspecified atom stereocenters. The second-order valence-corrected chi connectivity index (χ2v) is 7.45. The van der Waals surface area contributed by atoms with E-state index in [0.29, 0.717) is 28.7 Å². The van der Waals surface area contributed by atoms with Crippen LogP contribution in [0.4, 0.5) is 0 Å². The minimum absolute atomic E-state index is 0.0836. The lowest BCUT2D eigenvalue weighted by Gasteiger charge is -2.13. The lowest BCUT2D eigenvalue weighted by molar-refractivity contribution is 0.445. The van der Waals surface area contributed by atoms with E-state index in [-0.39, 0.29) is 45.2 Å². The molecular formula is C21H18Cl2O5. The van der Waals surface area contributed by atoms with Crippen molar-refractivity contribution in [2.75, 3.05) is 0 Å². The van der Waals surface area contributed by atoms with Crippen LogP contribution in [0, 0.1) is 6.92 Å². The summed E-state index contributed by atoms with van der Waals surface area (Å²) >= 11 is 11.9. The normalized spacial score (nSPS) is 11.0. The molecule has 0 fully saturated rings. The molecule has 3 aromatic rings. The zero-order chi connectivity index (χ0) is 20.6. The minimum atomic E-state index is -0.225. The summed E-state index contributed by atoms with van der Waals surface area (Å²) in [4.78, 5) is 0. The van der Waals surface area contributed by atoms with Crippen molar-refractivity contribution in [3.63, 3.8) is 0 Å². The lowest BCUT2D eigenvalue weighted by Crippen LogP contribution is -1.97.